The summed E-state index contributed by atoms with van der Waals surface area (Å²) in [6.07, 6.45) is 6.02. The van der Waals surface area contributed by atoms with Gasteiger partial charge in [-0.3, -0.25) is 0 Å². The second-order valence-electron chi connectivity index (χ2n) is 2.47. The second-order valence-corrected chi connectivity index (χ2v) is 2.47. The van der Waals surface area contributed by atoms with Crippen molar-refractivity contribution in [1.82, 2.24) is 0 Å². The highest BCUT2D eigenvalue weighted by Crippen LogP contribution is 2.03. The number of hydrogen-bond donors (Lipinski definition) is 0. The van der Waals surface area contributed by atoms with Gasteiger partial charge in [0.25, 0.3) is 0 Å². The molecule has 0 atom stereocenters. The Morgan fingerprint density at radius 1 is 1.33 bits per heavy atom. The number of benzene rings is 1. The molecule has 1 aromatic rings. The maximum absolute atomic E-state index is 6.62. The normalized spacial score (nSPS) is 8.50. The monoisotopic (exact) mass is 155 g/mol. The third-order valence-electron chi connectivity index (χ3n) is 1.63. The van der Waals surface area contributed by atoms with Crippen molar-refractivity contribution in [2.45, 2.75) is 6.42 Å². The van der Waals surface area contributed by atoms with Gasteiger partial charge in [-0.15, -0.1) is 6.42 Å². The fraction of sp³-hybridized carbons (Fsp3) is 0.182. The molecule has 0 saturated heterocycles. The summed E-state index contributed by atoms with van der Waals surface area (Å²) in [5, 5.41) is 0. The van der Waals surface area contributed by atoms with Crippen molar-refractivity contribution in [2.75, 3.05) is 6.54 Å². The van der Waals surface area contributed by atoms with Gasteiger partial charge in [0.2, 0.25) is 6.54 Å². The summed E-state index contributed by atoms with van der Waals surface area (Å²) in [5.74, 6) is 2.55. The second kappa shape index (κ2) is 4.21. The molecule has 1 rings (SSSR count). The minimum Gasteiger partial charge on any atom is -0.317 e. The van der Waals surface area contributed by atoms with Gasteiger partial charge >= 0.3 is 0 Å². The van der Waals surface area contributed by atoms with Gasteiger partial charge in [-0.25, -0.2) is 6.57 Å². The molecule has 12 heavy (non-hydrogen) atoms. The Labute approximate surface area is 72.9 Å². The summed E-state index contributed by atoms with van der Waals surface area (Å²) >= 11 is 0. The van der Waals surface area contributed by atoms with Gasteiger partial charge in [0.05, 0.1) is 0 Å². The molecule has 0 aliphatic carbocycles. The maximum atomic E-state index is 6.62. The van der Waals surface area contributed by atoms with Crippen LogP contribution in [0.25, 0.3) is 4.85 Å². The Bertz CT molecular complexity index is 322. The lowest BCUT2D eigenvalue weighted by Crippen LogP contribution is -1.86. The SMILES string of the molecule is [C-]#[N+]CCc1ccc(C#C)cc1. The predicted octanol–water partition coefficient (Wildman–Crippen LogP) is 2.13. The smallest absolute Gasteiger partial charge is 0.218 e. The molecule has 0 aliphatic heterocycles. The quantitative estimate of drug-likeness (QED) is 0.455. The molecule has 1 aromatic carbocycles. The first kappa shape index (κ1) is 8.37. The van der Waals surface area contributed by atoms with Crippen molar-refractivity contribution in [1.29, 1.82) is 0 Å². The first-order valence-corrected chi connectivity index (χ1v) is 3.75. The average Bonchev–Trinajstić information content (AvgIpc) is 2.15. The van der Waals surface area contributed by atoms with Crippen LogP contribution >= 0.6 is 0 Å². The van der Waals surface area contributed by atoms with Crippen molar-refractivity contribution in [2.24, 2.45) is 0 Å². The van der Waals surface area contributed by atoms with E-state index in [1.165, 1.54) is 5.56 Å². The summed E-state index contributed by atoms with van der Waals surface area (Å²) in [4.78, 5) is 3.28. The van der Waals surface area contributed by atoms with Gasteiger partial charge in [-0.1, -0.05) is 18.1 Å². The lowest BCUT2D eigenvalue weighted by molar-refractivity contribution is 1.08. The highest BCUT2D eigenvalue weighted by atomic mass is 14.6. The predicted molar refractivity (Wildman–Crippen MR) is 49.6 cm³/mol. The minimum atomic E-state index is 0.551. The van der Waals surface area contributed by atoms with Gasteiger partial charge in [-0.2, -0.15) is 0 Å². The van der Waals surface area contributed by atoms with E-state index in [2.05, 4.69) is 10.8 Å². The summed E-state index contributed by atoms with van der Waals surface area (Å²) < 4.78 is 0. The van der Waals surface area contributed by atoms with Crippen LogP contribution in [-0.2, 0) is 6.42 Å². The molecule has 0 radical (unpaired) electrons. The zero-order chi connectivity index (χ0) is 8.81. The Morgan fingerprint density at radius 2 is 2.00 bits per heavy atom. The van der Waals surface area contributed by atoms with Crippen LogP contribution in [0, 0.1) is 18.9 Å². The van der Waals surface area contributed by atoms with Gasteiger partial charge < -0.3 is 4.85 Å². The van der Waals surface area contributed by atoms with Crippen LogP contribution in [0.5, 0.6) is 0 Å². The lowest BCUT2D eigenvalue weighted by Gasteiger charge is -1.94. The van der Waals surface area contributed by atoms with E-state index in [1.54, 1.807) is 0 Å². The molecule has 1 heteroatoms. The van der Waals surface area contributed by atoms with E-state index < -0.39 is 0 Å². The fourth-order valence-corrected chi connectivity index (χ4v) is 0.953. The topological polar surface area (TPSA) is 4.36 Å². The fourth-order valence-electron chi connectivity index (χ4n) is 0.953. The van der Waals surface area contributed by atoms with Crippen molar-refractivity contribution >= 4 is 0 Å². The van der Waals surface area contributed by atoms with E-state index in [-0.39, 0.29) is 0 Å². The van der Waals surface area contributed by atoms with E-state index in [1.807, 2.05) is 24.3 Å². The standard InChI is InChI=1S/C11H9N/c1-3-10-4-6-11(7-5-10)8-9-12-2/h1,4-7H,8-9H2. The third kappa shape index (κ3) is 2.15. The van der Waals surface area contributed by atoms with E-state index in [0.717, 1.165) is 12.0 Å². The number of rotatable bonds is 2. The minimum absolute atomic E-state index is 0.551. The van der Waals surface area contributed by atoms with Crippen molar-refractivity contribution in [3.8, 4) is 12.3 Å². The van der Waals surface area contributed by atoms with Crippen LogP contribution < -0.4 is 0 Å². The maximum Gasteiger partial charge on any atom is 0.218 e. The summed E-state index contributed by atoms with van der Waals surface area (Å²) in [5.41, 5.74) is 2.06. The summed E-state index contributed by atoms with van der Waals surface area (Å²) in [6, 6.07) is 7.75. The molecule has 0 saturated carbocycles. The van der Waals surface area contributed by atoms with E-state index in [9.17, 15) is 0 Å². The van der Waals surface area contributed by atoms with Crippen molar-refractivity contribution < 1.29 is 0 Å². The van der Waals surface area contributed by atoms with E-state index in [0.29, 0.717) is 6.54 Å². The highest BCUT2D eigenvalue weighted by molar-refractivity contribution is 5.34. The molecular weight excluding hydrogens is 146 g/mol. The van der Waals surface area contributed by atoms with Crippen molar-refractivity contribution in [3.05, 3.63) is 46.8 Å². The molecule has 0 N–H and O–H groups in total. The van der Waals surface area contributed by atoms with Crippen LogP contribution in [0.3, 0.4) is 0 Å². The zero-order valence-electron chi connectivity index (χ0n) is 6.75. The van der Waals surface area contributed by atoms with Gasteiger partial charge in [0.15, 0.2) is 0 Å². The van der Waals surface area contributed by atoms with E-state index in [4.69, 9.17) is 13.0 Å². The molecule has 1 nitrogen and oxygen atoms in total. The van der Waals surface area contributed by atoms with Crippen molar-refractivity contribution in [3.63, 3.8) is 0 Å². The van der Waals surface area contributed by atoms with Crippen LogP contribution in [0.4, 0.5) is 0 Å². The van der Waals surface area contributed by atoms with Crippen LogP contribution in [0.2, 0.25) is 0 Å². The third-order valence-corrected chi connectivity index (χ3v) is 1.63. The molecule has 0 aliphatic rings. The van der Waals surface area contributed by atoms with E-state index >= 15 is 0 Å². The number of terminal acetylenes is 1. The summed E-state index contributed by atoms with van der Waals surface area (Å²) in [6.45, 7) is 7.17. The molecule has 0 spiro atoms. The first-order chi connectivity index (χ1) is 5.86. The average molecular weight is 155 g/mol. The molecule has 0 unspecified atom stereocenters. The largest absolute Gasteiger partial charge is 0.317 e. The molecule has 0 aromatic heterocycles. The molecule has 0 heterocycles. The van der Waals surface area contributed by atoms with Crippen LogP contribution in [0.15, 0.2) is 24.3 Å². The highest BCUT2D eigenvalue weighted by Gasteiger charge is 1.93. The van der Waals surface area contributed by atoms with Gasteiger partial charge in [-0.05, 0) is 17.7 Å². The molecular formula is C11H9N. The molecule has 0 bridgehead atoms. The Kier molecular flexibility index (Phi) is 2.94. The van der Waals surface area contributed by atoms with Gasteiger partial charge in [0, 0.05) is 12.0 Å². The number of hydrogen-bond acceptors (Lipinski definition) is 0. The Hall–Kier alpha value is -1.73. The van der Waals surface area contributed by atoms with Crippen LogP contribution in [-0.4, -0.2) is 6.54 Å². The van der Waals surface area contributed by atoms with Gasteiger partial charge in [0.1, 0.15) is 0 Å². The lowest BCUT2D eigenvalue weighted by atomic mass is 10.1. The Morgan fingerprint density at radius 3 is 2.50 bits per heavy atom. The zero-order valence-corrected chi connectivity index (χ0v) is 6.75. The Balaban J connectivity index is 2.68. The van der Waals surface area contributed by atoms with Crippen LogP contribution in [0.1, 0.15) is 11.1 Å². The first-order valence-electron chi connectivity index (χ1n) is 3.75. The summed E-state index contributed by atoms with van der Waals surface area (Å²) in [7, 11) is 0. The number of nitrogens with zero attached hydrogens (tertiary/aromatic N) is 1. The molecule has 0 amide bonds. The molecule has 58 valence electrons. The molecule has 0 fully saturated rings.